The van der Waals surface area contributed by atoms with Crippen molar-refractivity contribution in [2.75, 3.05) is 0 Å². The minimum atomic E-state index is -1.14. The fourth-order valence-electron chi connectivity index (χ4n) is 1.78. The number of benzene rings is 1. The summed E-state index contributed by atoms with van der Waals surface area (Å²) in [5, 5.41) is 0. The van der Waals surface area contributed by atoms with Gasteiger partial charge in [0.1, 0.15) is 9.75 Å². The van der Waals surface area contributed by atoms with Crippen LogP contribution in [0.4, 0.5) is 0 Å². The van der Waals surface area contributed by atoms with Gasteiger partial charge >= 0.3 is 5.97 Å². The molecule has 1 fully saturated rings. The number of rotatable bonds is 4. The van der Waals surface area contributed by atoms with Crippen LogP contribution in [0.5, 0.6) is 0 Å². The van der Waals surface area contributed by atoms with Crippen LogP contribution in [0.1, 0.15) is 25.0 Å². The number of primary amides is 1. The summed E-state index contributed by atoms with van der Waals surface area (Å²) in [6.45, 7) is 1.60. The summed E-state index contributed by atoms with van der Waals surface area (Å²) in [5.41, 5.74) is 4.79. The van der Waals surface area contributed by atoms with E-state index in [1.807, 2.05) is 0 Å². The fraction of sp³-hybridized carbons (Fsp3) is 0.385. The fourth-order valence-corrected chi connectivity index (χ4v) is 2.47. The van der Waals surface area contributed by atoms with Gasteiger partial charge in [0.25, 0.3) is 5.91 Å². The minimum Gasteiger partial charge on any atom is -0.447 e. The van der Waals surface area contributed by atoms with Crippen molar-refractivity contribution in [2.45, 2.75) is 23.8 Å². The Morgan fingerprint density at radius 3 is 2.26 bits per heavy atom. The van der Waals surface area contributed by atoms with E-state index in [1.165, 1.54) is 0 Å². The predicted octanol–water partition coefficient (Wildman–Crippen LogP) is 2.34. The highest BCUT2D eigenvalue weighted by molar-refractivity contribution is 6.53. The van der Waals surface area contributed by atoms with Gasteiger partial charge in [-0.3, -0.25) is 9.59 Å². The first kappa shape index (κ1) is 14.2. The van der Waals surface area contributed by atoms with Gasteiger partial charge < -0.3 is 10.5 Å². The minimum absolute atomic E-state index is 0.294. The number of amides is 1. The highest BCUT2D eigenvalue weighted by atomic mass is 35.5. The lowest BCUT2D eigenvalue weighted by atomic mass is 10.1. The smallest absolute Gasteiger partial charge is 0.316 e. The van der Waals surface area contributed by atoms with Crippen molar-refractivity contribution in [1.29, 1.82) is 0 Å². The van der Waals surface area contributed by atoms with E-state index in [2.05, 4.69) is 0 Å². The Balaban J connectivity index is 2.16. The summed E-state index contributed by atoms with van der Waals surface area (Å²) in [6, 6.07) is 8.56. The number of ether oxygens (including phenoxy) is 1. The molecule has 0 bridgehead atoms. The highest BCUT2D eigenvalue weighted by Crippen LogP contribution is 2.64. The van der Waals surface area contributed by atoms with Crippen LogP contribution in [0.2, 0.25) is 0 Å². The van der Waals surface area contributed by atoms with Crippen LogP contribution in [-0.4, -0.2) is 16.2 Å². The van der Waals surface area contributed by atoms with Gasteiger partial charge in [-0.05, 0) is 6.92 Å². The molecule has 0 saturated heterocycles. The van der Waals surface area contributed by atoms with Crippen molar-refractivity contribution in [3.05, 3.63) is 35.9 Å². The van der Waals surface area contributed by atoms with Gasteiger partial charge in [-0.15, -0.1) is 23.2 Å². The summed E-state index contributed by atoms with van der Waals surface area (Å²) in [6.07, 6.45) is -0.836. The summed E-state index contributed by atoms with van der Waals surface area (Å²) in [4.78, 5) is 23.5. The maximum absolute atomic E-state index is 12.0. The Kier molecular flexibility index (Phi) is 3.49. The van der Waals surface area contributed by atoms with Crippen molar-refractivity contribution in [2.24, 2.45) is 11.1 Å². The molecular formula is C13H13Cl2NO3. The molecule has 19 heavy (non-hydrogen) atoms. The molecule has 0 spiro atoms. The number of carbonyl (C=O) groups is 2. The van der Waals surface area contributed by atoms with Crippen LogP contribution < -0.4 is 5.73 Å². The average molecular weight is 302 g/mol. The molecule has 102 valence electrons. The highest BCUT2D eigenvalue weighted by Gasteiger charge is 2.69. The Morgan fingerprint density at radius 1 is 1.32 bits per heavy atom. The molecule has 4 nitrogen and oxygen atoms in total. The number of halogens is 2. The maximum atomic E-state index is 12.0. The van der Waals surface area contributed by atoms with Gasteiger partial charge in [-0.2, -0.15) is 0 Å². The second-order valence-corrected chi connectivity index (χ2v) is 6.30. The van der Waals surface area contributed by atoms with E-state index in [9.17, 15) is 9.59 Å². The van der Waals surface area contributed by atoms with Gasteiger partial charge in [-0.1, -0.05) is 30.3 Å². The summed E-state index contributed by atoms with van der Waals surface area (Å²) < 4.78 is 4.04. The molecule has 0 aliphatic heterocycles. The van der Waals surface area contributed by atoms with Gasteiger partial charge in [0.2, 0.25) is 6.10 Å². The van der Waals surface area contributed by atoms with Crippen LogP contribution >= 0.6 is 23.2 Å². The molecule has 1 amide bonds. The predicted molar refractivity (Wildman–Crippen MR) is 71.6 cm³/mol. The number of nitrogens with two attached hydrogens (primary N) is 1. The van der Waals surface area contributed by atoms with Crippen molar-refractivity contribution in [1.82, 2.24) is 0 Å². The molecule has 2 atom stereocenters. The molecule has 1 aromatic carbocycles. The molecule has 1 aromatic rings. The van der Waals surface area contributed by atoms with E-state index in [4.69, 9.17) is 33.7 Å². The first-order valence-corrected chi connectivity index (χ1v) is 6.47. The standard InChI is InChI=1S/C13H13Cl2NO3/c1-12(7-13(12,14)15)11(18)19-9(10(16)17)8-5-3-2-4-6-8/h2-6,9H,7H2,1H3,(H2,16,17)/t9-,12+/m0/s1. The van der Waals surface area contributed by atoms with Crippen LogP contribution in [-0.2, 0) is 14.3 Å². The number of hydrogen-bond donors (Lipinski definition) is 1. The molecule has 1 aliphatic carbocycles. The van der Waals surface area contributed by atoms with Crippen molar-refractivity contribution in [3.63, 3.8) is 0 Å². The third kappa shape index (κ3) is 2.55. The van der Waals surface area contributed by atoms with Gasteiger partial charge in [0, 0.05) is 12.0 Å². The van der Waals surface area contributed by atoms with Gasteiger partial charge in [0.15, 0.2) is 0 Å². The summed E-state index contributed by atoms with van der Waals surface area (Å²) >= 11 is 11.8. The lowest BCUT2D eigenvalue weighted by molar-refractivity contribution is -0.160. The number of esters is 1. The number of hydrogen-bond acceptors (Lipinski definition) is 3. The topological polar surface area (TPSA) is 69.4 Å². The third-order valence-corrected chi connectivity index (χ3v) is 4.40. The van der Waals surface area contributed by atoms with E-state index in [0.717, 1.165) is 0 Å². The maximum Gasteiger partial charge on any atom is 0.316 e. The van der Waals surface area contributed by atoms with E-state index < -0.39 is 27.7 Å². The molecule has 6 heteroatoms. The largest absolute Gasteiger partial charge is 0.447 e. The molecule has 1 saturated carbocycles. The van der Waals surface area contributed by atoms with Gasteiger partial charge in [0.05, 0.1) is 0 Å². The Labute approximate surface area is 120 Å². The van der Waals surface area contributed by atoms with Crippen LogP contribution in [0, 0.1) is 5.41 Å². The average Bonchev–Trinajstić information content (AvgIpc) is 2.87. The number of alkyl halides is 2. The summed E-state index contributed by atoms with van der Waals surface area (Å²) in [5.74, 6) is -1.36. The molecule has 2 N–H and O–H groups in total. The molecule has 0 heterocycles. The molecule has 0 unspecified atom stereocenters. The van der Waals surface area contributed by atoms with Gasteiger partial charge in [-0.25, -0.2) is 0 Å². The molecule has 1 aliphatic rings. The summed E-state index contributed by atoms with van der Waals surface area (Å²) in [7, 11) is 0. The molecule has 0 radical (unpaired) electrons. The second-order valence-electron chi connectivity index (χ2n) is 4.81. The van der Waals surface area contributed by atoms with E-state index >= 15 is 0 Å². The number of carbonyl (C=O) groups excluding carboxylic acids is 2. The van der Waals surface area contributed by atoms with Crippen molar-refractivity contribution in [3.8, 4) is 0 Å². The second kappa shape index (κ2) is 4.69. The van der Waals surface area contributed by atoms with E-state index in [1.54, 1.807) is 37.3 Å². The lowest BCUT2D eigenvalue weighted by Gasteiger charge is -2.18. The zero-order valence-electron chi connectivity index (χ0n) is 10.2. The Morgan fingerprint density at radius 2 is 1.84 bits per heavy atom. The van der Waals surface area contributed by atoms with Crippen molar-refractivity contribution >= 4 is 35.1 Å². The zero-order valence-corrected chi connectivity index (χ0v) is 11.7. The first-order valence-electron chi connectivity index (χ1n) is 5.71. The first-order chi connectivity index (χ1) is 8.78. The lowest BCUT2D eigenvalue weighted by Crippen LogP contribution is -2.30. The Hall–Kier alpha value is -1.26. The monoisotopic (exact) mass is 301 g/mol. The van der Waals surface area contributed by atoms with Crippen LogP contribution in [0.15, 0.2) is 30.3 Å². The third-order valence-electron chi connectivity index (χ3n) is 3.29. The molecular weight excluding hydrogens is 289 g/mol. The van der Waals surface area contributed by atoms with E-state index in [0.29, 0.717) is 12.0 Å². The van der Waals surface area contributed by atoms with E-state index in [-0.39, 0.29) is 0 Å². The normalized spacial score (nSPS) is 25.4. The zero-order chi connectivity index (χ0) is 14.3. The Bertz CT molecular complexity index is 518. The molecule has 2 rings (SSSR count). The molecule has 0 aromatic heterocycles. The van der Waals surface area contributed by atoms with Crippen LogP contribution in [0.3, 0.4) is 0 Å². The van der Waals surface area contributed by atoms with Crippen LogP contribution in [0.25, 0.3) is 0 Å². The van der Waals surface area contributed by atoms with Crippen molar-refractivity contribution < 1.29 is 14.3 Å². The quantitative estimate of drug-likeness (QED) is 0.685. The SMILES string of the molecule is C[C@]1(C(=O)O[C@H](C(N)=O)c2ccccc2)CC1(Cl)Cl.